The molecule has 0 spiro atoms. The van der Waals surface area contributed by atoms with E-state index in [0.717, 1.165) is 29.9 Å². The summed E-state index contributed by atoms with van der Waals surface area (Å²) in [5.41, 5.74) is 1.04. The van der Waals surface area contributed by atoms with Crippen molar-refractivity contribution >= 4 is 17.7 Å². The van der Waals surface area contributed by atoms with Gasteiger partial charge in [0.1, 0.15) is 0 Å². The van der Waals surface area contributed by atoms with Gasteiger partial charge in [0.15, 0.2) is 5.16 Å². The number of imidazole rings is 1. The summed E-state index contributed by atoms with van der Waals surface area (Å²) in [7, 11) is 0. The maximum Gasteiger partial charge on any atom is 0.313 e. The molecule has 0 amide bonds. The number of aliphatic carboxylic acids is 1. The predicted molar refractivity (Wildman–Crippen MR) is 68.9 cm³/mol. The molecule has 0 aromatic carbocycles. The largest absolute Gasteiger partial charge is 0.481 e. The first-order chi connectivity index (χ1) is 8.66. The number of nitrogens with zero attached hydrogens (tertiary/aromatic N) is 2. The van der Waals surface area contributed by atoms with Gasteiger partial charge in [-0.1, -0.05) is 11.8 Å². The van der Waals surface area contributed by atoms with Crippen molar-refractivity contribution in [2.24, 2.45) is 5.92 Å². The number of aromatic nitrogens is 2. The first-order valence-corrected chi connectivity index (χ1v) is 7.10. The van der Waals surface area contributed by atoms with Gasteiger partial charge in [0.25, 0.3) is 0 Å². The number of hydrogen-bond donors (Lipinski definition) is 1. The fourth-order valence-corrected chi connectivity index (χ4v) is 2.41. The van der Waals surface area contributed by atoms with E-state index in [1.807, 2.05) is 11.5 Å². The van der Waals surface area contributed by atoms with Crippen LogP contribution < -0.4 is 0 Å². The Bertz CT molecular complexity index is 415. The summed E-state index contributed by atoms with van der Waals surface area (Å²) in [5.74, 6) is -0.00809. The van der Waals surface area contributed by atoms with E-state index in [1.54, 1.807) is 6.20 Å². The Balaban J connectivity index is 1.80. The van der Waals surface area contributed by atoms with Crippen LogP contribution in [0.15, 0.2) is 11.4 Å². The molecular weight excluding hydrogens is 252 g/mol. The van der Waals surface area contributed by atoms with E-state index in [9.17, 15) is 4.79 Å². The maximum atomic E-state index is 10.6. The molecule has 2 rings (SSSR count). The lowest BCUT2D eigenvalue weighted by molar-refractivity contribution is -0.133. The molecule has 6 heteroatoms. The zero-order chi connectivity index (χ0) is 13.0. The van der Waals surface area contributed by atoms with Crippen LogP contribution >= 0.6 is 11.8 Å². The van der Waals surface area contributed by atoms with Gasteiger partial charge in [-0.05, 0) is 25.7 Å². The SMILES string of the molecule is Cc1cnc(SCC(=O)O)n1CCOCC1CC1. The molecule has 5 nitrogen and oxygen atoms in total. The number of thioether (sulfide) groups is 1. The van der Waals surface area contributed by atoms with Crippen LogP contribution in [0.1, 0.15) is 18.5 Å². The van der Waals surface area contributed by atoms with E-state index in [0.29, 0.717) is 6.61 Å². The summed E-state index contributed by atoms with van der Waals surface area (Å²) in [6.45, 7) is 4.22. The van der Waals surface area contributed by atoms with E-state index in [2.05, 4.69) is 4.98 Å². The van der Waals surface area contributed by atoms with Crippen molar-refractivity contribution in [1.29, 1.82) is 0 Å². The summed E-state index contributed by atoms with van der Waals surface area (Å²) >= 11 is 1.25. The highest BCUT2D eigenvalue weighted by Crippen LogP contribution is 2.28. The number of carboxylic acid groups (broad SMARTS) is 1. The number of rotatable bonds is 8. The van der Waals surface area contributed by atoms with Crippen molar-refractivity contribution in [3.63, 3.8) is 0 Å². The highest BCUT2D eigenvalue weighted by Gasteiger charge is 2.21. The first-order valence-electron chi connectivity index (χ1n) is 6.11. The Labute approximate surface area is 111 Å². The van der Waals surface area contributed by atoms with Crippen LogP contribution in [-0.4, -0.2) is 39.6 Å². The summed E-state index contributed by atoms with van der Waals surface area (Å²) in [6.07, 6.45) is 4.36. The molecule has 0 aliphatic heterocycles. The second-order valence-electron chi connectivity index (χ2n) is 4.53. The quantitative estimate of drug-likeness (QED) is 0.576. The van der Waals surface area contributed by atoms with Crippen molar-refractivity contribution in [3.8, 4) is 0 Å². The fourth-order valence-electron chi connectivity index (χ4n) is 1.64. The number of ether oxygens (including phenoxy) is 1. The van der Waals surface area contributed by atoms with Crippen LogP contribution in [0.25, 0.3) is 0 Å². The van der Waals surface area contributed by atoms with Crippen LogP contribution in [0.2, 0.25) is 0 Å². The van der Waals surface area contributed by atoms with Crippen molar-refractivity contribution in [3.05, 3.63) is 11.9 Å². The number of carbonyl (C=O) groups is 1. The van der Waals surface area contributed by atoms with Crippen LogP contribution in [0.4, 0.5) is 0 Å². The van der Waals surface area contributed by atoms with E-state index < -0.39 is 5.97 Å². The minimum Gasteiger partial charge on any atom is -0.481 e. The van der Waals surface area contributed by atoms with Gasteiger partial charge in [0, 0.05) is 25.0 Å². The van der Waals surface area contributed by atoms with E-state index in [1.165, 1.54) is 24.6 Å². The third kappa shape index (κ3) is 4.03. The molecule has 1 saturated carbocycles. The normalized spacial score (nSPS) is 14.9. The van der Waals surface area contributed by atoms with Crippen LogP contribution in [-0.2, 0) is 16.1 Å². The number of aryl methyl sites for hydroxylation is 1. The molecule has 1 aliphatic carbocycles. The van der Waals surface area contributed by atoms with Crippen molar-refractivity contribution in [2.75, 3.05) is 19.0 Å². The molecule has 1 aromatic heterocycles. The lowest BCUT2D eigenvalue weighted by atomic mass is 10.5. The molecule has 0 bridgehead atoms. The first kappa shape index (κ1) is 13.4. The Morgan fingerprint density at radius 3 is 3.11 bits per heavy atom. The minimum atomic E-state index is -0.822. The molecule has 1 N–H and O–H groups in total. The minimum absolute atomic E-state index is 0.0411. The summed E-state index contributed by atoms with van der Waals surface area (Å²) in [5, 5.41) is 9.43. The average molecular weight is 270 g/mol. The standard InChI is InChI=1S/C12H18N2O3S/c1-9-6-13-12(18-8-11(15)16)14(9)4-5-17-7-10-2-3-10/h6,10H,2-5,7-8H2,1H3,(H,15,16). The van der Waals surface area contributed by atoms with Gasteiger partial charge in [-0.25, -0.2) is 4.98 Å². The monoisotopic (exact) mass is 270 g/mol. The second kappa shape index (κ2) is 6.24. The number of carboxylic acids is 1. The molecule has 0 radical (unpaired) electrons. The van der Waals surface area contributed by atoms with Gasteiger partial charge in [-0.3, -0.25) is 4.79 Å². The van der Waals surface area contributed by atoms with Gasteiger partial charge >= 0.3 is 5.97 Å². The molecule has 18 heavy (non-hydrogen) atoms. The van der Waals surface area contributed by atoms with Crippen LogP contribution in [0.3, 0.4) is 0 Å². The van der Waals surface area contributed by atoms with E-state index in [-0.39, 0.29) is 5.75 Å². The Morgan fingerprint density at radius 2 is 2.44 bits per heavy atom. The van der Waals surface area contributed by atoms with Crippen LogP contribution in [0, 0.1) is 12.8 Å². The van der Waals surface area contributed by atoms with Crippen molar-refractivity contribution in [2.45, 2.75) is 31.5 Å². The van der Waals surface area contributed by atoms with Gasteiger partial charge in [-0.2, -0.15) is 0 Å². The molecular formula is C12H18N2O3S. The molecule has 0 atom stereocenters. The van der Waals surface area contributed by atoms with E-state index in [4.69, 9.17) is 9.84 Å². The zero-order valence-electron chi connectivity index (χ0n) is 10.5. The summed E-state index contributed by atoms with van der Waals surface area (Å²) in [4.78, 5) is 14.8. The van der Waals surface area contributed by atoms with Gasteiger partial charge < -0.3 is 14.4 Å². The van der Waals surface area contributed by atoms with Crippen molar-refractivity contribution in [1.82, 2.24) is 9.55 Å². The Kier molecular flexibility index (Phi) is 4.66. The van der Waals surface area contributed by atoms with Crippen LogP contribution in [0.5, 0.6) is 0 Å². The summed E-state index contributed by atoms with van der Waals surface area (Å²) < 4.78 is 7.61. The zero-order valence-corrected chi connectivity index (χ0v) is 11.3. The average Bonchev–Trinajstić information content (AvgIpc) is 3.08. The molecule has 1 aliphatic rings. The fraction of sp³-hybridized carbons (Fsp3) is 0.667. The Hall–Kier alpha value is -1.01. The van der Waals surface area contributed by atoms with Crippen molar-refractivity contribution < 1.29 is 14.6 Å². The molecule has 100 valence electrons. The highest BCUT2D eigenvalue weighted by molar-refractivity contribution is 7.99. The molecule has 1 heterocycles. The molecule has 1 aromatic rings. The predicted octanol–water partition coefficient (Wildman–Crippen LogP) is 1.79. The third-order valence-electron chi connectivity index (χ3n) is 2.85. The van der Waals surface area contributed by atoms with Gasteiger partial charge in [-0.15, -0.1) is 0 Å². The molecule has 0 unspecified atom stereocenters. The lowest BCUT2D eigenvalue weighted by Crippen LogP contribution is -2.10. The Morgan fingerprint density at radius 1 is 1.67 bits per heavy atom. The van der Waals surface area contributed by atoms with Gasteiger partial charge in [0.2, 0.25) is 0 Å². The molecule has 1 fully saturated rings. The van der Waals surface area contributed by atoms with Gasteiger partial charge in [0.05, 0.1) is 12.4 Å². The third-order valence-corrected chi connectivity index (χ3v) is 3.83. The lowest BCUT2D eigenvalue weighted by Gasteiger charge is -2.09. The number of hydrogen-bond acceptors (Lipinski definition) is 4. The second-order valence-corrected chi connectivity index (χ2v) is 5.48. The van der Waals surface area contributed by atoms with E-state index >= 15 is 0 Å². The molecule has 0 saturated heterocycles. The smallest absolute Gasteiger partial charge is 0.313 e. The highest BCUT2D eigenvalue weighted by atomic mass is 32.2. The topological polar surface area (TPSA) is 64.3 Å². The maximum absolute atomic E-state index is 10.6. The summed E-state index contributed by atoms with van der Waals surface area (Å²) in [6, 6.07) is 0.